The maximum Gasteiger partial charge on any atom is 0.303 e. The van der Waals surface area contributed by atoms with Crippen LogP contribution in [-0.4, -0.2) is 11.1 Å². The van der Waals surface area contributed by atoms with Crippen LogP contribution in [0.1, 0.15) is 12.0 Å². The Hall–Kier alpha value is -0.206. The third-order valence-corrected chi connectivity index (χ3v) is 1.47. The molecule has 0 aromatic heterocycles. The van der Waals surface area contributed by atoms with E-state index in [0.717, 1.165) is 5.56 Å². The van der Waals surface area contributed by atoms with E-state index in [1.54, 1.807) is 0 Å². The van der Waals surface area contributed by atoms with Gasteiger partial charge in [0.2, 0.25) is 0 Å². The third kappa shape index (κ3) is 4.63. The molecule has 0 spiro atoms. The molecule has 61 valence electrons. The quantitative estimate of drug-likeness (QED) is 0.871. The van der Waals surface area contributed by atoms with Crippen molar-refractivity contribution in [1.29, 1.82) is 0 Å². The molecular weight excluding hydrogens is 229 g/mol. The van der Waals surface area contributed by atoms with E-state index in [-0.39, 0.29) is 39.1 Å². The van der Waals surface area contributed by atoms with E-state index in [4.69, 9.17) is 5.11 Å². The second-order valence-corrected chi connectivity index (χ2v) is 2.38. The van der Waals surface area contributed by atoms with Crippen molar-refractivity contribution >= 4 is 5.97 Å². The molecule has 1 radical (unpaired) electrons. The zero-order chi connectivity index (χ0) is 8.10. The number of hydrogen-bond donors (Lipinski definition) is 1. The Bertz CT molecular complexity index is 234. The van der Waals surface area contributed by atoms with Crippen LogP contribution < -0.4 is 0 Å². The number of carboxylic acid groups (broad SMARTS) is 1. The molecular formula is C9H10O2Y. The van der Waals surface area contributed by atoms with E-state index in [9.17, 15) is 4.79 Å². The van der Waals surface area contributed by atoms with Crippen molar-refractivity contribution in [3.05, 3.63) is 35.9 Å². The second-order valence-electron chi connectivity index (χ2n) is 2.38. The first-order valence-electron chi connectivity index (χ1n) is 3.55. The molecule has 1 aromatic rings. The van der Waals surface area contributed by atoms with Gasteiger partial charge in [-0.2, -0.15) is 0 Å². The first kappa shape index (κ1) is 11.8. The fourth-order valence-corrected chi connectivity index (χ4v) is 0.896. The van der Waals surface area contributed by atoms with Crippen LogP contribution in [0.2, 0.25) is 0 Å². The molecule has 1 aromatic carbocycles. The van der Waals surface area contributed by atoms with Crippen LogP contribution >= 0.6 is 0 Å². The fourth-order valence-electron chi connectivity index (χ4n) is 0.896. The first-order chi connectivity index (χ1) is 5.29. The minimum Gasteiger partial charge on any atom is -0.481 e. The average molecular weight is 239 g/mol. The molecule has 0 aliphatic heterocycles. The van der Waals surface area contributed by atoms with Gasteiger partial charge in [0, 0.05) is 39.1 Å². The second kappa shape index (κ2) is 6.33. The van der Waals surface area contributed by atoms with Crippen molar-refractivity contribution in [3.8, 4) is 0 Å². The topological polar surface area (TPSA) is 37.3 Å². The van der Waals surface area contributed by atoms with Gasteiger partial charge >= 0.3 is 5.97 Å². The van der Waals surface area contributed by atoms with Crippen molar-refractivity contribution in [2.45, 2.75) is 12.8 Å². The summed E-state index contributed by atoms with van der Waals surface area (Å²) in [6.45, 7) is 0. The smallest absolute Gasteiger partial charge is 0.303 e. The monoisotopic (exact) mass is 239 g/mol. The molecule has 3 heteroatoms. The minimum atomic E-state index is -0.742. The van der Waals surface area contributed by atoms with Gasteiger partial charge in [0.05, 0.1) is 0 Å². The number of rotatable bonds is 3. The number of benzene rings is 1. The predicted molar refractivity (Wildman–Crippen MR) is 42.4 cm³/mol. The Labute approximate surface area is 96.9 Å². The van der Waals surface area contributed by atoms with Gasteiger partial charge in [0.15, 0.2) is 0 Å². The molecule has 1 N–H and O–H groups in total. The predicted octanol–water partition coefficient (Wildman–Crippen LogP) is 1.70. The maximum atomic E-state index is 10.2. The van der Waals surface area contributed by atoms with Crippen LogP contribution in [0.4, 0.5) is 0 Å². The van der Waals surface area contributed by atoms with Gasteiger partial charge in [0.25, 0.3) is 0 Å². The minimum absolute atomic E-state index is 0. The van der Waals surface area contributed by atoms with E-state index in [0.29, 0.717) is 6.42 Å². The van der Waals surface area contributed by atoms with Gasteiger partial charge in [0.1, 0.15) is 0 Å². The van der Waals surface area contributed by atoms with Gasteiger partial charge in [-0.1, -0.05) is 30.3 Å². The summed E-state index contributed by atoms with van der Waals surface area (Å²) in [4.78, 5) is 10.2. The standard InChI is InChI=1S/C9H10O2.Y/c10-9(11)7-6-8-4-2-1-3-5-8;/h1-5H,6-7H2,(H,10,11);. The molecule has 0 aliphatic carbocycles. The normalized spacial score (nSPS) is 8.67. The van der Waals surface area contributed by atoms with Crippen LogP contribution in [0.15, 0.2) is 30.3 Å². The first-order valence-corrected chi connectivity index (χ1v) is 3.55. The summed E-state index contributed by atoms with van der Waals surface area (Å²) in [6.07, 6.45) is 0.834. The fraction of sp³-hybridized carbons (Fsp3) is 0.222. The van der Waals surface area contributed by atoms with Crippen LogP contribution in [-0.2, 0) is 43.9 Å². The molecule has 0 fully saturated rings. The van der Waals surface area contributed by atoms with E-state index in [1.807, 2.05) is 30.3 Å². The van der Waals surface area contributed by atoms with Gasteiger partial charge in [-0.15, -0.1) is 0 Å². The number of carbonyl (C=O) groups is 1. The summed E-state index contributed by atoms with van der Waals surface area (Å²) >= 11 is 0. The Balaban J connectivity index is 0.00000121. The van der Waals surface area contributed by atoms with E-state index < -0.39 is 5.97 Å². The Morgan fingerprint density at radius 2 is 1.83 bits per heavy atom. The maximum absolute atomic E-state index is 10.2. The van der Waals surface area contributed by atoms with Crippen LogP contribution in [0.25, 0.3) is 0 Å². The van der Waals surface area contributed by atoms with Crippen LogP contribution in [0, 0.1) is 0 Å². The molecule has 2 nitrogen and oxygen atoms in total. The zero-order valence-electron chi connectivity index (χ0n) is 6.73. The Morgan fingerprint density at radius 1 is 1.25 bits per heavy atom. The van der Waals surface area contributed by atoms with Crippen molar-refractivity contribution in [1.82, 2.24) is 0 Å². The molecule has 12 heavy (non-hydrogen) atoms. The van der Waals surface area contributed by atoms with Crippen molar-refractivity contribution < 1.29 is 42.6 Å². The Morgan fingerprint density at radius 3 is 2.33 bits per heavy atom. The molecule has 0 heterocycles. The van der Waals surface area contributed by atoms with Crippen LogP contribution in [0.5, 0.6) is 0 Å². The molecule has 0 aliphatic rings. The van der Waals surface area contributed by atoms with Gasteiger partial charge in [-0.25, -0.2) is 0 Å². The largest absolute Gasteiger partial charge is 0.481 e. The SMILES string of the molecule is O=C(O)CCc1ccccc1.[Y]. The molecule has 1 rings (SSSR count). The van der Waals surface area contributed by atoms with E-state index >= 15 is 0 Å². The molecule has 0 unspecified atom stereocenters. The number of aliphatic carboxylic acids is 1. The number of hydrogen-bond acceptors (Lipinski definition) is 1. The summed E-state index contributed by atoms with van der Waals surface area (Å²) in [5.74, 6) is -0.742. The Kier molecular flexibility index (Phi) is 6.22. The molecule has 0 bridgehead atoms. The molecule has 0 saturated heterocycles. The number of carboxylic acids is 1. The summed E-state index contributed by atoms with van der Waals surface area (Å²) in [5, 5.41) is 8.37. The van der Waals surface area contributed by atoms with Crippen molar-refractivity contribution in [2.75, 3.05) is 0 Å². The number of aryl methyl sites for hydroxylation is 1. The third-order valence-electron chi connectivity index (χ3n) is 1.47. The summed E-state index contributed by atoms with van der Waals surface area (Å²) in [5.41, 5.74) is 1.08. The van der Waals surface area contributed by atoms with Crippen LogP contribution in [0.3, 0.4) is 0 Å². The van der Waals surface area contributed by atoms with Gasteiger partial charge in [-0.05, 0) is 12.0 Å². The summed E-state index contributed by atoms with van der Waals surface area (Å²) in [6, 6.07) is 9.62. The molecule has 0 atom stereocenters. The van der Waals surface area contributed by atoms with E-state index in [1.165, 1.54) is 0 Å². The zero-order valence-corrected chi connectivity index (χ0v) is 9.57. The van der Waals surface area contributed by atoms with E-state index in [2.05, 4.69) is 0 Å². The molecule has 0 amide bonds. The van der Waals surface area contributed by atoms with Gasteiger partial charge < -0.3 is 5.11 Å². The average Bonchev–Trinajstić information content (AvgIpc) is 2.03. The van der Waals surface area contributed by atoms with Gasteiger partial charge in [-0.3, -0.25) is 4.79 Å². The summed E-state index contributed by atoms with van der Waals surface area (Å²) in [7, 11) is 0. The van der Waals surface area contributed by atoms with Crippen molar-refractivity contribution in [3.63, 3.8) is 0 Å². The summed E-state index contributed by atoms with van der Waals surface area (Å²) < 4.78 is 0. The van der Waals surface area contributed by atoms with Crippen molar-refractivity contribution in [2.24, 2.45) is 0 Å². The molecule has 0 saturated carbocycles.